The molecule has 7 nitrogen and oxygen atoms in total. The number of likely N-dealkylation sites (tertiary alicyclic amines) is 1. The molecule has 1 aliphatic rings. The van der Waals surface area contributed by atoms with Gasteiger partial charge >= 0.3 is 0 Å². The van der Waals surface area contributed by atoms with Crippen molar-refractivity contribution in [2.45, 2.75) is 52.0 Å². The van der Waals surface area contributed by atoms with E-state index < -0.39 is 0 Å². The zero-order chi connectivity index (χ0) is 20.6. The Kier molecular flexibility index (Phi) is 7.38. The van der Waals surface area contributed by atoms with Crippen LogP contribution in [0.5, 0.6) is 0 Å². The molecule has 0 saturated carbocycles. The summed E-state index contributed by atoms with van der Waals surface area (Å²) in [7, 11) is 0. The first kappa shape index (κ1) is 21.0. The molecule has 0 bridgehead atoms. The zero-order valence-corrected chi connectivity index (χ0v) is 17.1. The highest BCUT2D eigenvalue weighted by Crippen LogP contribution is 2.18. The van der Waals surface area contributed by atoms with Crippen molar-refractivity contribution in [3.05, 3.63) is 40.7 Å². The minimum absolute atomic E-state index is 0.00487. The number of amides is 2. The standard InChI is InChI=1S/C22H30N4O3/c1-2-3-6-12-23-22(29)17-9-13-25(14-10-17)21(28)11-15-26-19-8-5-4-7-18(19)20(27)16-24-26/h4-5,7-8,16-17H,2-3,6,9-15H2,1H3,(H,23,29). The number of hydrogen-bond donors (Lipinski definition) is 1. The van der Waals surface area contributed by atoms with E-state index in [1.54, 1.807) is 10.7 Å². The minimum Gasteiger partial charge on any atom is -0.356 e. The van der Waals surface area contributed by atoms with Crippen LogP contribution in [0.25, 0.3) is 10.9 Å². The van der Waals surface area contributed by atoms with Crippen molar-refractivity contribution in [3.8, 4) is 0 Å². The molecule has 2 heterocycles. The molecule has 7 heteroatoms. The first-order chi connectivity index (χ1) is 14.1. The quantitative estimate of drug-likeness (QED) is 0.692. The Morgan fingerprint density at radius 2 is 1.93 bits per heavy atom. The molecular weight excluding hydrogens is 368 g/mol. The fraction of sp³-hybridized carbons (Fsp3) is 0.545. The maximum Gasteiger partial charge on any atom is 0.224 e. The molecule has 1 fully saturated rings. The van der Waals surface area contributed by atoms with Crippen molar-refractivity contribution < 1.29 is 9.59 Å². The second-order valence-electron chi connectivity index (χ2n) is 7.65. The van der Waals surface area contributed by atoms with Crippen molar-refractivity contribution >= 4 is 22.7 Å². The van der Waals surface area contributed by atoms with Gasteiger partial charge in [0.2, 0.25) is 17.2 Å². The average molecular weight is 399 g/mol. The third-order valence-electron chi connectivity index (χ3n) is 5.60. The maximum atomic E-state index is 12.6. The second kappa shape index (κ2) is 10.2. The van der Waals surface area contributed by atoms with Gasteiger partial charge in [0.25, 0.3) is 0 Å². The molecule has 3 rings (SSSR count). The molecule has 1 aromatic carbocycles. The van der Waals surface area contributed by atoms with Gasteiger partial charge in [0.15, 0.2) is 0 Å². The first-order valence-corrected chi connectivity index (χ1v) is 10.6. The number of nitrogens with zero attached hydrogens (tertiary/aromatic N) is 3. The van der Waals surface area contributed by atoms with Crippen molar-refractivity contribution in [2.75, 3.05) is 19.6 Å². The number of unbranched alkanes of at least 4 members (excludes halogenated alkanes) is 2. The second-order valence-corrected chi connectivity index (χ2v) is 7.65. The Morgan fingerprint density at radius 1 is 1.17 bits per heavy atom. The molecule has 0 spiro atoms. The number of hydrogen-bond acceptors (Lipinski definition) is 4. The number of fused-ring (bicyclic) bond motifs is 1. The Hall–Kier alpha value is -2.70. The lowest BCUT2D eigenvalue weighted by Gasteiger charge is -2.31. The minimum atomic E-state index is -0.113. The van der Waals surface area contributed by atoms with E-state index in [1.165, 1.54) is 6.20 Å². The van der Waals surface area contributed by atoms with Gasteiger partial charge in [-0.15, -0.1) is 0 Å². The summed E-state index contributed by atoms with van der Waals surface area (Å²) in [5, 5.41) is 7.81. The smallest absolute Gasteiger partial charge is 0.224 e. The van der Waals surface area contributed by atoms with Gasteiger partial charge < -0.3 is 10.2 Å². The summed E-state index contributed by atoms with van der Waals surface area (Å²) in [5.74, 6) is 0.193. The fourth-order valence-corrected chi connectivity index (χ4v) is 3.82. The topological polar surface area (TPSA) is 84.3 Å². The predicted molar refractivity (Wildman–Crippen MR) is 112 cm³/mol. The van der Waals surface area contributed by atoms with E-state index in [2.05, 4.69) is 17.3 Å². The summed E-state index contributed by atoms with van der Waals surface area (Å²) in [4.78, 5) is 38.6. The molecule has 2 amide bonds. The van der Waals surface area contributed by atoms with Crippen LogP contribution in [-0.2, 0) is 16.1 Å². The molecule has 1 aliphatic heterocycles. The number of aromatic nitrogens is 2. The number of para-hydroxylation sites is 1. The summed E-state index contributed by atoms with van der Waals surface area (Å²) < 4.78 is 1.71. The number of carbonyl (C=O) groups excluding carboxylic acids is 2. The first-order valence-electron chi connectivity index (χ1n) is 10.6. The largest absolute Gasteiger partial charge is 0.356 e. The normalized spacial score (nSPS) is 14.9. The lowest BCUT2D eigenvalue weighted by molar-refractivity contribution is -0.135. The molecule has 0 atom stereocenters. The van der Waals surface area contributed by atoms with E-state index in [0.29, 0.717) is 44.3 Å². The summed E-state index contributed by atoms with van der Waals surface area (Å²) >= 11 is 0. The molecule has 29 heavy (non-hydrogen) atoms. The SMILES string of the molecule is CCCCCNC(=O)C1CCN(C(=O)CCn2ncc(=O)c3ccccc32)CC1. The van der Waals surface area contributed by atoms with E-state index in [-0.39, 0.29) is 23.2 Å². The third-order valence-corrected chi connectivity index (χ3v) is 5.60. The van der Waals surface area contributed by atoms with E-state index >= 15 is 0 Å². The fourth-order valence-electron chi connectivity index (χ4n) is 3.82. The zero-order valence-electron chi connectivity index (χ0n) is 17.1. The van der Waals surface area contributed by atoms with E-state index in [1.807, 2.05) is 23.1 Å². The van der Waals surface area contributed by atoms with Crippen LogP contribution in [0, 0.1) is 5.92 Å². The van der Waals surface area contributed by atoms with Crippen LogP contribution in [0.2, 0.25) is 0 Å². The van der Waals surface area contributed by atoms with Crippen LogP contribution in [0.4, 0.5) is 0 Å². The number of nitrogens with one attached hydrogen (secondary N) is 1. The van der Waals surface area contributed by atoms with Gasteiger partial charge in [-0.25, -0.2) is 0 Å². The molecule has 1 N–H and O–H groups in total. The average Bonchev–Trinajstić information content (AvgIpc) is 2.76. The highest BCUT2D eigenvalue weighted by molar-refractivity contribution is 5.80. The maximum absolute atomic E-state index is 12.6. The molecule has 156 valence electrons. The number of rotatable bonds is 8. The van der Waals surface area contributed by atoms with Gasteiger partial charge in [0, 0.05) is 37.4 Å². The van der Waals surface area contributed by atoms with Crippen LogP contribution in [-0.4, -0.2) is 46.1 Å². The third kappa shape index (κ3) is 5.43. The lowest BCUT2D eigenvalue weighted by atomic mass is 9.95. The van der Waals surface area contributed by atoms with Crippen molar-refractivity contribution in [1.29, 1.82) is 0 Å². The molecule has 2 aromatic rings. The number of aryl methyl sites for hydroxylation is 1. The monoisotopic (exact) mass is 398 g/mol. The van der Waals surface area contributed by atoms with Crippen molar-refractivity contribution in [2.24, 2.45) is 5.92 Å². The number of benzene rings is 1. The van der Waals surface area contributed by atoms with E-state index in [0.717, 1.165) is 31.3 Å². The lowest BCUT2D eigenvalue weighted by Crippen LogP contribution is -2.43. The van der Waals surface area contributed by atoms with Crippen LogP contribution in [0.1, 0.15) is 45.4 Å². The van der Waals surface area contributed by atoms with Crippen molar-refractivity contribution in [3.63, 3.8) is 0 Å². The predicted octanol–water partition coefficient (Wildman–Crippen LogP) is 2.33. The van der Waals surface area contributed by atoms with E-state index in [9.17, 15) is 14.4 Å². The van der Waals surface area contributed by atoms with Gasteiger partial charge in [-0.2, -0.15) is 5.10 Å². The molecule has 1 saturated heterocycles. The van der Waals surface area contributed by atoms with Gasteiger partial charge in [0.1, 0.15) is 0 Å². The van der Waals surface area contributed by atoms with Crippen LogP contribution in [0.3, 0.4) is 0 Å². The molecule has 0 unspecified atom stereocenters. The highest BCUT2D eigenvalue weighted by atomic mass is 16.2. The Labute approximate surface area is 171 Å². The molecule has 0 aliphatic carbocycles. The van der Waals surface area contributed by atoms with E-state index in [4.69, 9.17) is 0 Å². The number of carbonyl (C=O) groups is 2. The summed E-state index contributed by atoms with van der Waals surface area (Å²) in [6.45, 7) is 4.54. The Morgan fingerprint density at radius 3 is 2.69 bits per heavy atom. The van der Waals surface area contributed by atoms with Crippen LogP contribution < -0.4 is 10.7 Å². The summed E-state index contributed by atoms with van der Waals surface area (Å²) in [6.07, 6.45) is 6.35. The van der Waals surface area contributed by atoms with Gasteiger partial charge in [0.05, 0.1) is 18.3 Å². The summed E-state index contributed by atoms with van der Waals surface area (Å²) in [5.41, 5.74) is 0.629. The van der Waals surface area contributed by atoms with Gasteiger partial charge in [-0.3, -0.25) is 19.1 Å². The van der Waals surface area contributed by atoms with Gasteiger partial charge in [-0.05, 0) is 31.4 Å². The van der Waals surface area contributed by atoms with Crippen LogP contribution >= 0.6 is 0 Å². The Bertz CT molecular complexity index is 900. The highest BCUT2D eigenvalue weighted by Gasteiger charge is 2.27. The Balaban J connectivity index is 1.48. The summed E-state index contributed by atoms with van der Waals surface area (Å²) in [6, 6.07) is 7.30. The molecule has 0 radical (unpaired) electrons. The number of piperidine rings is 1. The van der Waals surface area contributed by atoms with Gasteiger partial charge in [-0.1, -0.05) is 31.9 Å². The molecular formula is C22H30N4O3. The van der Waals surface area contributed by atoms with Crippen molar-refractivity contribution in [1.82, 2.24) is 20.0 Å². The van der Waals surface area contributed by atoms with Crippen LogP contribution in [0.15, 0.2) is 35.3 Å². The molecule has 1 aromatic heterocycles.